The first-order valence-electron chi connectivity index (χ1n) is 7.59. The fraction of sp³-hybridized carbons (Fsp3) is 0.444. The van der Waals surface area contributed by atoms with E-state index in [1.807, 2.05) is 0 Å². The first kappa shape index (κ1) is 13.9. The zero-order chi connectivity index (χ0) is 13.5. The second-order valence-electron chi connectivity index (χ2n) is 5.37. The summed E-state index contributed by atoms with van der Waals surface area (Å²) in [5.74, 6) is 0. The zero-order valence-electron chi connectivity index (χ0n) is 12.0. The first-order valence-corrected chi connectivity index (χ1v) is 7.59. The van der Waals surface area contributed by atoms with E-state index >= 15 is 0 Å². The highest BCUT2D eigenvalue weighted by atomic mass is 14.6. The Bertz CT molecular complexity index is 516. The van der Waals surface area contributed by atoms with E-state index in [1.165, 1.54) is 54.9 Å². The molecule has 2 aromatic carbocycles. The van der Waals surface area contributed by atoms with Gasteiger partial charge in [-0.05, 0) is 35.2 Å². The molecule has 2 N–H and O–H groups in total. The summed E-state index contributed by atoms with van der Waals surface area (Å²) >= 11 is 0. The molecule has 0 aromatic heterocycles. The lowest BCUT2D eigenvalue weighted by Crippen LogP contribution is -1.96. The van der Waals surface area contributed by atoms with E-state index in [0.29, 0.717) is 0 Å². The van der Waals surface area contributed by atoms with E-state index < -0.39 is 0 Å². The van der Waals surface area contributed by atoms with Gasteiger partial charge in [0, 0.05) is 5.69 Å². The van der Waals surface area contributed by atoms with Crippen molar-refractivity contribution in [3.63, 3.8) is 0 Å². The quantitative estimate of drug-likeness (QED) is 0.525. The molecule has 0 saturated heterocycles. The van der Waals surface area contributed by atoms with Crippen molar-refractivity contribution in [1.29, 1.82) is 0 Å². The van der Waals surface area contributed by atoms with Gasteiger partial charge >= 0.3 is 0 Å². The number of unbranched alkanes of at least 4 members (excludes halogenated alkanes) is 5. The Hall–Kier alpha value is -1.50. The lowest BCUT2D eigenvalue weighted by atomic mass is 9.97. The summed E-state index contributed by atoms with van der Waals surface area (Å²) in [5, 5.41) is 2.63. The zero-order valence-corrected chi connectivity index (χ0v) is 12.0. The fourth-order valence-electron chi connectivity index (χ4n) is 2.71. The van der Waals surface area contributed by atoms with E-state index in [1.54, 1.807) is 0 Å². The molecule has 0 aliphatic heterocycles. The van der Waals surface area contributed by atoms with Crippen LogP contribution in [0.25, 0.3) is 10.8 Å². The molecule has 1 nitrogen and oxygen atoms in total. The van der Waals surface area contributed by atoms with Crippen molar-refractivity contribution in [1.82, 2.24) is 0 Å². The van der Waals surface area contributed by atoms with Crippen molar-refractivity contribution in [3.05, 3.63) is 42.0 Å². The van der Waals surface area contributed by atoms with Gasteiger partial charge in [-0.25, -0.2) is 0 Å². The summed E-state index contributed by atoms with van der Waals surface area (Å²) in [6.07, 6.45) is 9.11. The van der Waals surface area contributed by atoms with Crippen LogP contribution in [0.3, 0.4) is 0 Å². The molecule has 19 heavy (non-hydrogen) atoms. The number of hydrogen-bond donors (Lipinski definition) is 1. The predicted molar refractivity (Wildman–Crippen MR) is 85.4 cm³/mol. The van der Waals surface area contributed by atoms with Gasteiger partial charge in [0.25, 0.3) is 0 Å². The van der Waals surface area contributed by atoms with Gasteiger partial charge in [0.2, 0.25) is 0 Å². The molecule has 0 aliphatic carbocycles. The number of aryl methyl sites for hydroxylation is 1. The maximum absolute atomic E-state index is 6.15. The van der Waals surface area contributed by atoms with Crippen LogP contribution >= 0.6 is 0 Å². The second kappa shape index (κ2) is 7.18. The summed E-state index contributed by atoms with van der Waals surface area (Å²) in [6, 6.07) is 12.7. The molecule has 2 rings (SSSR count). The van der Waals surface area contributed by atoms with Gasteiger partial charge in [-0.15, -0.1) is 0 Å². The van der Waals surface area contributed by atoms with Gasteiger partial charge in [-0.1, -0.05) is 69.4 Å². The van der Waals surface area contributed by atoms with Gasteiger partial charge in [0.15, 0.2) is 0 Å². The van der Waals surface area contributed by atoms with Crippen LogP contribution in [0.2, 0.25) is 0 Å². The largest absolute Gasteiger partial charge is 0.398 e. The number of rotatable bonds is 7. The minimum atomic E-state index is 0.951. The van der Waals surface area contributed by atoms with Crippen LogP contribution in [0.1, 0.15) is 51.0 Å². The Labute approximate surface area is 116 Å². The predicted octanol–water partition coefficient (Wildman–Crippen LogP) is 5.33. The smallest absolute Gasteiger partial charge is 0.0353 e. The summed E-state index contributed by atoms with van der Waals surface area (Å²) in [4.78, 5) is 0. The minimum absolute atomic E-state index is 0.951. The van der Waals surface area contributed by atoms with Crippen molar-refractivity contribution in [2.24, 2.45) is 0 Å². The van der Waals surface area contributed by atoms with Crippen molar-refractivity contribution >= 4 is 16.5 Å². The Morgan fingerprint density at radius 1 is 0.842 bits per heavy atom. The third-order valence-corrected chi connectivity index (χ3v) is 3.86. The third kappa shape index (κ3) is 3.73. The number of benzene rings is 2. The molecule has 0 aliphatic rings. The molecule has 0 atom stereocenters. The van der Waals surface area contributed by atoms with Crippen molar-refractivity contribution in [2.45, 2.75) is 51.9 Å². The van der Waals surface area contributed by atoms with Gasteiger partial charge in [0.1, 0.15) is 0 Å². The van der Waals surface area contributed by atoms with Crippen LogP contribution in [-0.4, -0.2) is 0 Å². The highest BCUT2D eigenvalue weighted by Gasteiger charge is 2.04. The number of nitrogens with two attached hydrogens (primary N) is 1. The Morgan fingerprint density at radius 3 is 2.42 bits per heavy atom. The average Bonchev–Trinajstić information content (AvgIpc) is 2.44. The van der Waals surface area contributed by atoms with Gasteiger partial charge in [-0.3, -0.25) is 0 Å². The fourth-order valence-corrected chi connectivity index (χ4v) is 2.71. The lowest BCUT2D eigenvalue weighted by Gasteiger charge is -2.10. The summed E-state index contributed by atoms with van der Waals surface area (Å²) in [6.45, 7) is 2.26. The molecule has 0 spiro atoms. The van der Waals surface area contributed by atoms with Crippen molar-refractivity contribution in [2.75, 3.05) is 5.73 Å². The summed E-state index contributed by atoms with van der Waals surface area (Å²) < 4.78 is 0. The number of fused-ring (bicyclic) bond motifs is 1. The van der Waals surface area contributed by atoms with Crippen LogP contribution in [0.4, 0.5) is 5.69 Å². The molecular weight excluding hydrogens is 230 g/mol. The third-order valence-electron chi connectivity index (χ3n) is 3.86. The minimum Gasteiger partial charge on any atom is -0.398 e. The maximum atomic E-state index is 6.15. The van der Waals surface area contributed by atoms with Crippen LogP contribution < -0.4 is 5.73 Å². The maximum Gasteiger partial charge on any atom is 0.0353 e. The van der Waals surface area contributed by atoms with E-state index in [9.17, 15) is 0 Å². The van der Waals surface area contributed by atoms with E-state index in [0.717, 1.165) is 12.1 Å². The number of anilines is 1. The van der Waals surface area contributed by atoms with E-state index in [-0.39, 0.29) is 0 Å². The molecule has 102 valence electrons. The molecule has 0 unspecified atom stereocenters. The van der Waals surface area contributed by atoms with Crippen molar-refractivity contribution in [3.8, 4) is 0 Å². The monoisotopic (exact) mass is 255 g/mol. The Balaban J connectivity index is 1.98. The lowest BCUT2D eigenvalue weighted by molar-refractivity contribution is 0.608. The van der Waals surface area contributed by atoms with Crippen LogP contribution in [0, 0.1) is 0 Å². The Morgan fingerprint density at radius 2 is 1.58 bits per heavy atom. The Kier molecular flexibility index (Phi) is 5.26. The average molecular weight is 255 g/mol. The van der Waals surface area contributed by atoms with Gasteiger partial charge in [-0.2, -0.15) is 0 Å². The standard InChI is InChI=1S/C18H25N/c1-2-3-4-5-6-7-12-17-16-11-9-8-10-15(16)13-14-18(17)19/h8-11,13-14H,2-7,12,19H2,1H3. The molecule has 0 saturated carbocycles. The van der Waals surface area contributed by atoms with E-state index in [4.69, 9.17) is 5.73 Å². The molecule has 0 heterocycles. The highest BCUT2D eigenvalue weighted by molar-refractivity contribution is 5.89. The van der Waals surface area contributed by atoms with Gasteiger partial charge in [0.05, 0.1) is 0 Å². The summed E-state index contributed by atoms with van der Waals surface area (Å²) in [5.41, 5.74) is 8.44. The molecule has 0 amide bonds. The molecular formula is C18H25N. The van der Waals surface area contributed by atoms with Crippen LogP contribution in [0.5, 0.6) is 0 Å². The normalized spacial score (nSPS) is 11.0. The molecule has 0 bridgehead atoms. The molecule has 1 heteroatoms. The van der Waals surface area contributed by atoms with E-state index in [2.05, 4.69) is 43.3 Å². The molecule has 0 radical (unpaired) electrons. The van der Waals surface area contributed by atoms with Crippen LogP contribution in [-0.2, 0) is 6.42 Å². The highest BCUT2D eigenvalue weighted by Crippen LogP contribution is 2.26. The van der Waals surface area contributed by atoms with Crippen LogP contribution in [0.15, 0.2) is 36.4 Å². The molecule has 0 fully saturated rings. The topological polar surface area (TPSA) is 26.0 Å². The number of nitrogen functional groups attached to an aromatic ring is 1. The van der Waals surface area contributed by atoms with Crippen molar-refractivity contribution < 1.29 is 0 Å². The SMILES string of the molecule is CCCCCCCCc1c(N)ccc2ccccc12. The second-order valence-corrected chi connectivity index (χ2v) is 5.37. The molecule has 2 aromatic rings. The number of hydrogen-bond acceptors (Lipinski definition) is 1. The first-order chi connectivity index (χ1) is 9.33. The summed E-state index contributed by atoms with van der Waals surface area (Å²) in [7, 11) is 0. The van der Waals surface area contributed by atoms with Gasteiger partial charge < -0.3 is 5.73 Å².